The maximum atomic E-state index is 9.19. The number of nitrogens with two attached hydrogens (primary N) is 1. The first-order valence-corrected chi connectivity index (χ1v) is 6.63. The predicted octanol–water partition coefficient (Wildman–Crippen LogP) is 2.81. The van der Waals surface area contributed by atoms with Gasteiger partial charge in [-0.25, -0.2) is 0 Å². The summed E-state index contributed by atoms with van der Waals surface area (Å²) < 4.78 is 2.30. The Morgan fingerprint density at radius 3 is 2.58 bits per heavy atom. The van der Waals surface area contributed by atoms with Crippen molar-refractivity contribution in [2.75, 3.05) is 6.61 Å². The second-order valence-electron chi connectivity index (χ2n) is 4.83. The molecule has 1 atom stereocenters. The fourth-order valence-electron chi connectivity index (χ4n) is 2.75. The maximum Gasteiger partial charge on any atom is 0.0624 e. The van der Waals surface area contributed by atoms with Gasteiger partial charge < -0.3 is 15.4 Å². The van der Waals surface area contributed by atoms with E-state index in [0.29, 0.717) is 0 Å². The number of aliphatic hydroxyl groups is 1. The summed E-state index contributed by atoms with van der Waals surface area (Å²) in [6.07, 6.45) is 0. The smallest absolute Gasteiger partial charge is 0.0624 e. The molecule has 1 heterocycles. The van der Waals surface area contributed by atoms with Gasteiger partial charge >= 0.3 is 0 Å². The first-order valence-electron chi connectivity index (χ1n) is 6.63. The Hall–Kier alpha value is -1.84. The average molecular weight is 254 g/mol. The van der Waals surface area contributed by atoms with Crippen LogP contribution in [0.4, 0.5) is 0 Å². The molecule has 98 valence electrons. The monoisotopic (exact) mass is 254 g/mol. The molecule has 19 heavy (non-hydrogen) atoms. The molecule has 0 aliphatic carbocycles. The van der Waals surface area contributed by atoms with Crippen LogP contribution >= 0.6 is 0 Å². The zero-order valence-electron chi connectivity index (χ0n) is 11.0. The minimum Gasteiger partial charge on any atom is -0.394 e. The summed E-state index contributed by atoms with van der Waals surface area (Å²) in [6, 6.07) is 14.3. The first-order chi connectivity index (χ1) is 9.26. The molecule has 0 aliphatic rings. The molecular weight excluding hydrogens is 236 g/mol. The van der Waals surface area contributed by atoms with E-state index in [0.717, 1.165) is 12.1 Å². The van der Waals surface area contributed by atoms with E-state index >= 15 is 0 Å². The molecular formula is C16H18N2O. The number of hydrogen-bond acceptors (Lipinski definition) is 2. The van der Waals surface area contributed by atoms with E-state index in [-0.39, 0.29) is 12.6 Å². The molecule has 0 saturated carbocycles. The third-order valence-corrected chi connectivity index (χ3v) is 3.74. The van der Waals surface area contributed by atoms with E-state index in [1.165, 1.54) is 21.8 Å². The predicted molar refractivity (Wildman–Crippen MR) is 79.1 cm³/mol. The summed E-state index contributed by atoms with van der Waals surface area (Å²) in [5.74, 6) is 0. The highest BCUT2D eigenvalue weighted by molar-refractivity contribution is 6.08. The summed E-state index contributed by atoms with van der Waals surface area (Å²) in [7, 11) is 0. The maximum absolute atomic E-state index is 9.19. The van der Waals surface area contributed by atoms with Crippen LogP contribution in [0.1, 0.15) is 18.5 Å². The van der Waals surface area contributed by atoms with Crippen LogP contribution in [0.25, 0.3) is 21.8 Å². The van der Waals surface area contributed by atoms with Crippen molar-refractivity contribution < 1.29 is 5.11 Å². The van der Waals surface area contributed by atoms with Gasteiger partial charge in [-0.15, -0.1) is 0 Å². The van der Waals surface area contributed by atoms with Crippen molar-refractivity contribution in [1.82, 2.24) is 4.57 Å². The van der Waals surface area contributed by atoms with Crippen molar-refractivity contribution in [2.24, 2.45) is 5.73 Å². The van der Waals surface area contributed by atoms with E-state index in [4.69, 9.17) is 5.73 Å². The molecule has 0 unspecified atom stereocenters. The lowest BCUT2D eigenvalue weighted by Crippen LogP contribution is -2.14. The zero-order chi connectivity index (χ0) is 13.4. The Morgan fingerprint density at radius 1 is 1.11 bits per heavy atom. The van der Waals surface area contributed by atoms with Crippen molar-refractivity contribution in [3.8, 4) is 0 Å². The second-order valence-corrected chi connectivity index (χ2v) is 4.83. The standard InChI is InChI=1S/C16H18N2O/c1-2-18-15-6-4-3-5-12(15)13-9-11(14(17)10-19)7-8-16(13)18/h3-9,14,19H,2,10,17H2,1H3/t14-/m1/s1. The van der Waals surface area contributed by atoms with Gasteiger partial charge in [-0.1, -0.05) is 24.3 Å². The summed E-state index contributed by atoms with van der Waals surface area (Å²) in [4.78, 5) is 0. The lowest BCUT2D eigenvalue weighted by molar-refractivity contribution is 0.268. The number of nitrogens with zero attached hydrogens (tertiary/aromatic N) is 1. The van der Waals surface area contributed by atoms with Crippen molar-refractivity contribution in [3.05, 3.63) is 48.0 Å². The summed E-state index contributed by atoms with van der Waals surface area (Å²) in [5, 5.41) is 11.6. The Kier molecular flexibility index (Phi) is 3.01. The van der Waals surface area contributed by atoms with Crippen LogP contribution in [0.5, 0.6) is 0 Å². The third-order valence-electron chi connectivity index (χ3n) is 3.74. The quantitative estimate of drug-likeness (QED) is 0.755. The first kappa shape index (κ1) is 12.2. The Morgan fingerprint density at radius 2 is 1.84 bits per heavy atom. The number of hydrogen-bond donors (Lipinski definition) is 2. The van der Waals surface area contributed by atoms with Crippen LogP contribution in [0.3, 0.4) is 0 Å². The largest absolute Gasteiger partial charge is 0.394 e. The van der Waals surface area contributed by atoms with E-state index in [9.17, 15) is 5.11 Å². The van der Waals surface area contributed by atoms with Crippen LogP contribution in [-0.4, -0.2) is 16.3 Å². The van der Waals surface area contributed by atoms with Crippen LogP contribution < -0.4 is 5.73 Å². The minimum absolute atomic E-state index is 0.0298. The highest BCUT2D eigenvalue weighted by Crippen LogP contribution is 2.30. The number of benzene rings is 2. The van der Waals surface area contributed by atoms with Crippen molar-refractivity contribution in [3.63, 3.8) is 0 Å². The molecule has 3 aromatic rings. The molecule has 3 nitrogen and oxygen atoms in total. The molecule has 1 aromatic heterocycles. The summed E-state index contributed by atoms with van der Waals surface area (Å²) >= 11 is 0. The van der Waals surface area contributed by atoms with Crippen LogP contribution in [0, 0.1) is 0 Å². The molecule has 0 bridgehead atoms. The number of rotatable bonds is 3. The molecule has 0 amide bonds. The summed E-state index contributed by atoms with van der Waals surface area (Å²) in [6.45, 7) is 3.06. The Balaban J connectivity index is 2.36. The molecule has 0 spiro atoms. The zero-order valence-corrected chi connectivity index (χ0v) is 11.0. The van der Waals surface area contributed by atoms with E-state index < -0.39 is 0 Å². The molecule has 0 aliphatic heterocycles. The van der Waals surface area contributed by atoms with Gasteiger partial charge in [-0.3, -0.25) is 0 Å². The fourth-order valence-corrected chi connectivity index (χ4v) is 2.75. The number of aryl methyl sites for hydroxylation is 1. The molecule has 0 saturated heterocycles. The van der Waals surface area contributed by atoms with Crippen LogP contribution in [0.2, 0.25) is 0 Å². The van der Waals surface area contributed by atoms with E-state index in [1.54, 1.807) is 0 Å². The van der Waals surface area contributed by atoms with Gasteiger partial charge in [0.1, 0.15) is 0 Å². The summed E-state index contributed by atoms with van der Waals surface area (Å²) in [5.41, 5.74) is 9.36. The highest BCUT2D eigenvalue weighted by atomic mass is 16.3. The normalized spacial score (nSPS) is 13.2. The number of fused-ring (bicyclic) bond motifs is 3. The minimum atomic E-state index is -0.312. The van der Waals surface area contributed by atoms with Crippen molar-refractivity contribution in [2.45, 2.75) is 19.5 Å². The molecule has 3 rings (SSSR count). The topological polar surface area (TPSA) is 51.2 Å². The Labute approximate surface area is 112 Å². The van der Waals surface area contributed by atoms with Crippen molar-refractivity contribution in [1.29, 1.82) is 0 Å². The molecule has 3 N–H and O–H groups in total. The lowest BCUT2D eigenvalue weighted by Gasteiger charge is -2.09. The number of aromatic nitrogens is 1. The fraction of sp³-hybridized carbons (Fsp3) is 0.250. The number of para-hydroxylation sites is 1. The Bertz CT molecular complexity index is 730. The molecule has 0 fully saturated rings. The van der Waals surface area contributed by atoms with Crippen LogP contribution in [-0.2, 0) is 6.54 Å². The van der Waals surface area contributed by atoms with Gasteiger partial charge in [0.25, 0.3) is 0 Å². The van der Waals surface area contributed by atoms with Gasteiger partial charge in [-0.2, -0.15) is 0 Å². The van der Waals surface area contributed by atoms with Gasteiger partial charge in [-0.05, 0) is 30.7 Å². The van der Waals surface area contributed by atoms with Crippen molar-refractivity contribution >= 4 is 21.8 Å². The molecule has 2 aromatic carbocycles. The highest BCUT2D eigenvalue weighted by Gasteiger charge is 2.11. The molecule has 3 heteroatoms. The molecule has 0 radical (unpaired) electrons. The van der Waals surface area contributed by atoms with Gasteiger partial charge in [0.15, 0.2) is 0 Å². The average Bonchev–Trinajstić information content (AvgIpc) is 2.79. The second kappa shape index (κ2) is 4.68. The van der Waals surface area contributed by atoms with E-state index in [2.05, 4.69) is 47.9 Å². The SMILES string of the molecule is CCn1c2ccccc2c2cc([C@H](N)CO)ccc21. The number of aliphatic hydroxyl groups excluding tert-OH is 1. The van der Waals surface area contributed by atoms with Gasteiger partial charge in [0.2, 0.25) is 0 Å². The third kappa shape index (κ3) is 1.82. The van der Waals surface area contributed by atoms with Gasteiger partial charge in [0, 0.05) is 28.4 Å². The van der Waals surface area contributed by atoms with E-state index in [1.807, 2.05) is 6.07 Å². The van der Waals surface area contributed by atoms with Crippen LogP contribution in [0.15, 0.2) is 42.5 Å². The van der Waals surface area contributed by atoms with Gasteiger partial charge in [0.05, 0.1) is 12.6 Å². The lowest BCUT2D eigenvalue weighted by atomic mass is 10.0.